The van der Waals surface area contributed by atoms with Crippen LogP contribution < -0.4 is 4.90 Å². The SMILES string of the molecule is CCn1cc(S(=O)(=O)N2CCN(c3ccc([N+](=O)[O-])cc3)CC2)c(C)n1. The van der Waals surface area contributed by atoms with Crippen molar-refractivity contribution in [1.82, 2.24) is 14.1 Å². The van der Waals surface area contributed by atoms with Crippen LogP contribution in [-0.4, -0.2) is 53.6 Å². The smallest absolute Gasteiger partial charge is 0.269 e. The van der Waals surface area contributed by atoms with Crippen molar-refractivity contribution in [2.75, 3.05) is 31.1 Å². The van der Waals surface area contributed by atoms with Crippen molar-refractivity contribution in [3.8, 4) is 0 Å². The fraction of sp³-hybridized carbons (Fsp3) is 0.438. The third-order valence-corrected chi connectivity index (χ3v) is 6.51. The molecule has 2 heterocycles. The molecule has 3 rings (SSSR count). The van der Waals surface area contributed by atoms with Crippen LogP contribution in [0.3, 0.4) is 0 Å². The van der Waals surface area contributed by atoms with Gasteiger partial charge in [-0.3, -0.25) is 14.8 Å². The average molecular weight is 379 g/mol. The number of hydrogen-bond acceptors (Lipinski definition) is 6. The molecule has 0 amide bonds. The lowest BCUT2D eigenvalue weighted by Gasteiger charge is -2.35. The molecule has 1 aromatic heterocycles. The Morgan fingerprint density at radius 1 is 1.15 bits per heavy atom. The number of sulfonamides is 1. The number of aryl methyl sites for hydroxylation is 2. The average Bonchev–Trinajstić information content (AvgIpc) is 3.03. The summed E-state index contributed by atoms with van der Waals surface area (Å²) in [6.45, 7) is 5.99. The summed E-state index contributed by atoms with van der Waals surface area (Å²) in [7, 11) is -3.57. The van der Waals surface area contributed by atoms with Crippen molar-refractivity contribution in [1.29, 1.82) is 0 Å². The monoisotopic (exact) mass is 379 g/mol. The van der Waals surface area contributed by atoms with Gasteiger partial charge >= 0.3 is 0 Å². The molecule has 1 aromatic carbocycles. The molecule has 10 heteroatoms. The first kappa shape index (κ1) is 18.3. The van der Waals surface area contributed by atoms with Gasteiger partial charge in [-0.2, -0.15) is 9.40 Å². The van der Waals surface area contributed by atoms with Gasteiger partial charge in [0.15, 0.2) is 0 Å². The number of nitro benzene ring substituents is 1. The molecular weight excluding hydrogens is 358 g/mol. The molecule has 26 heavy (non-hydrogen) atoms. The summed E-state index contributed by atoms with van der Waals surface area (Å²) in [6, 6.07) is 6.30. The normalized spacial score (nSPS) is 16.0. The van der Waals surface area contributed by atoms with Crippen LogP contribution >= 0.6 is 0 Å². The predicted octanol–water partition coefficient (Wildman–Crippen LogP) is 1.63. The van der Waals surface area contributed by atoms with E-state index in [2.05, 4.69) is 5.10 Å². The fourth-order valence-corrected chi connectivity index (χ4v) is 4.62. The van der Waals surface area contributed by atoms with E-state index in [0.717, 1.165) is 5.69 Å². The van der Waals surface area contributed by atoms with Crippen molar-refractivity contribution in [2.45, 2.75) is 25.3 Å². The third-order valence-electron chi connectivity index (χ3n) is 4.51. The molecule has 1 aliphatic heterocycles. The molecule has 0 spiro atoms. The molecule has 0 unspecified atom stereocenters. The first-order valence-electron chi connectivity index (χ1n) is 8.36. The Morgan fingerprint density at radius 3 is 2.27 bits per heavy atom. The molecule has 0 aliphatic carbocycles. The Bertz CT molecular complexity index is 899. The maximum absolute atomic E-state index is 12.9. The lowest BCUT2D eigenvalue weighted by molar-refractivity contribution is -0.384. The minimum Gasteiger partial charge on any atom is -0.369 e. The summed E-state index contributed by atoms with van der Waals surface area (Å²) in [5.74, 6) is 0. The highest BCUT2D eigenvalue weighted by Crippen LogP contribution is 2.24. The maximum atomic E-state index is 12.9. The van der Waals surface area contributed by atoms with E-state index >= 15 is 0 Å². The largest absolute Gasteiger partial charge is 0.369 e. The minimum absolute atomic E-state index is 0.0402. The number of non-ortho nitro benzene ring substituents is 1. The zero-order valence-corrected chi connectivity index (χ0v) is 15.5. The Hall–Kier alpha value is -2.46. The van der Waals surface area contributed by atoms with Crippen LogP contribution in [0.15, 0.2) is 35.4 Å². The highest BCUT2D eigenvalue weighted by Gasteiger charge is 2.31. The Morgan fingerprint density at radius 2 is 1.77 bits per heavy atom. The highest BCUT2D eigenvalue weighted by molar-refractivity contribution is 7.89. The molecule has 0 bridgehead atoms. The summed E-state index contributed by atoms with van der Waals surface area (Å²) in [5.41, 5.74) is 1.39. The Balaban J connectivity index is 1.71. The van der Waals surface area contributed by atoms with Crippen LogP contribution in [0.25, 0.3) is 0 Å². The van der Waals surface area contributed by atoms with Crippen LogP contribution in [0.1, 0.15) is 12.6 Å². The molecule has 2 aromatic rings. The van der Waals surface area contributed by atoms with E-state index in [-0.39, 0.29) is 10.6 Å². The van der Waals surface area contributed by atoms with Crippen LogP contribution in [0.2, 0.25) is 0 Å². The quantitative estimate of drug-likeness (QED) is 0.578. The van der Waals surface area contributed by atoms with Gasteiger partial charge in [-0.1, -0.05) is 0 Å². The molecule has 1 aliphatic rings. The molecule has 0 saturated carbocycles. The van der Waals surface area contributed by atoms with E-state index in [4.69, 9.17) is 0 Å². The van der Waals surface area contributed by atoms with Gasteiger partial charge in [0.1, 0.15) is 4.90 Å². The summed E-state index contributed by atoms with van der Waals surface area (Å²) in [6.07, 6.45) is 1.58. The Kier molecular flexibility index (Phi) is 4.97. The number of nitrogens with zero attached hydrogens (tertiary/aromatic N) is 5. The minimum atomic E-state index is -3.57. The van der Waals surface area contributed by atoms with E-state index in [1.807, 2.05) is 11.8 Å². The predicted molar refractivity (Wildman–Crippen MR) is 96.7 cm³/mol. The number of nitro groups is 1. The standard InChI is InChI=1S/C16H21N5O4S/c1-3-19-12-16(13(2)17-19)26(24,25)20-10-8-18(9-11-20)14-4-6-15(7-5-14)21(22)23/h4-7,12H,3,8-11H2,1-2H3. The third kappa shape index (κ3) is 3.42. The first-order valence-corrected chi connectivity index (χ1v) is 9.80. The van der Waals surface area contributed by atoms with Crippen LogP contribution in [0, 0.1) is 17.0 Å². The first-order chi connectivity index (χ1) is 12.3. The maximum Gasteiger partial charge on any atom is 0.269 e. The van der Waals surface area contributed by atoms with Gasteiger partial charge in [-0.15, -0.1) is 0 Å². The van der Waals surface area contributed by atoms with Crippen molar-refractivity contribution in [3.05, 3.63) is 46.3 Å². The van der Waals surface area contributed by atoms with Crippen molar-refractivity contribution < 1.29 is 13.3 Å². The van der Waals surface area contributed by atoms with Crippen LogP contribution in [-0.2, 0) is 16.6 Å². The number of piperazine rings is 1. The van der Waals surface area contributed by atoms with Gasteiger partial charge in [-0.05, 0) is 26.0 Å². The highest BCUT2D eigenvalue weighted by atomic mass is 32.2. The van der Waals surface area contributed by atoms with Crippen LogP contribution in [0.4, 0.5) is 11.4 Å². The molecule has 0 N–H and O–H groups in total. The molecule has 9 nitrogen and oxygen atoms in total. The zero-order chi connectivity index (χ0) is 18.9. The second-order valence-corrected chi connectivity index (χ2v) is 8.01. The van der Waals surface area contributed by atoms with Crippen molar-refractivity contribution in [2.24, 2.45) is 0 Å². The second kappa shape index (κ2) is 7.04. The fourth-order valence-electron chi connectivity index (χ4n) is 3.03. The van der Waals surface area contributed by atoms with E-state index in [9.17, 15) is 18.5 Å². The number of rotatable bonds is 5. The second-order valence-electron chi connectivity index (χ2n) is 6.10. The number of anilines is 1. The molecule has 1 saturated heterocycles. The number of hydrogen-bond donors (Lipinski definition) is 0. The topological polar surface area (TPSA) is 102 Å². The number of benzene rings is 1. The van der Waals surface area contributed by atoms with Crippen LogP contribution in [0.5, 0.6) is 0 Å². The van der Waals surface area contributed by atoms with E-state index in [1.54, 1.807) is 29.9 Å². The van der Waals surface area contributed by atoms with E-state index in [0.29, 0.717) is 38.4 Å². The van der Waals surface area contributed by atoms with E-state index < -0.39 is 14.9 Å². The van der Waals surface area contributed by atoms with Gasteiger partial charge in [0.05, 0.1) is 10.6 Å². The molecule has 0 atom stereocenters. The van der Waals surface area contributed by atoms with Gasteiger partial charge < -0.3 is 4.90 Å². The lowest BCUT2D eigenvalue weighted by Crippen LogP contribution is -2.48. The lowest BCUT2D eigenvalue weighted by atomic mass is 10.2. The van der Waals surface area contributed by atoms with Gasteiger partial charge in [-0.25, -0.2) is 8.42 Å². The summed E-state index contributed by atoms with van der Waals surface area (Å²) >= 11 is 0. The zero-order valence-electron chi connectivity index (χ0n) is 14.7. The summed E-state index contributed by atoms with van der Waals surface area (Å²) in [4.78, 5) is 12.6. The van der Waals surface area contributed by atoms with Gasteiger partial charge in [0.2, 0.25) is 10.0 Å². The van der Waals surface area contributed by atoms with E-state index in [1.165, 1.54) is 16.4 Å². The Labute approximate surface area is 152 Å². The van der Waals surface area contributed by atoms with Gasteiger partial charge in [0.25, 0.3) is 5.69 Å². The number of aromatic nitrogens is 2. The molecule has 1 fully saturated rings. The van der Waals surface area contributed by atoms with Crippen molar-refractivity contribution >= 4 is 21.4 Å². The van der Waals surface area contributed by atoms with Gasteiger partial charge in [0, 0.05) is 56.7 Å². The molecule has 140 valence electrons. The molecular formula is C16H21N5O4S. The van der Waals surface area contributed by atoms with Crippen molar-refractivity contribution in [3.63, 3.8) is 0 Å². The summed E-state index contributed by atoms with van der Waals surface area (Å²) < 4.78 is 28.8. The summed E-state index contributed by atoms with van der Waals surface area (Å²) in [5, 5.41) is 15.0. The molecule has 0 radical (unpaired) electrons.